The van der Waals surface area contributed by atoms with Crippen LogP contribution in [0.1, 0.15) is 17.4 Å². The SMILES string of the molecule is OC(c1cccc(Cl)c1)c1cnn(-c2ccccc2)n1. The fourth-order valence-electron chi connectivity index (χ4n) is 1.93. The molecule has 1 aromatic heterocycles. The van der Waals surface area contributed by atoms with E-state index in [0.29, 0.717) is 16.3 Å². The number of nitrogens with zero attached hydrogens (tertiary/aromatic N) is 3. The molecule has 1 atom stereocenters. The molecule has 3 aromatic rings. The fraction of sp³-hybridized carbons (Fsp3) is 0.0667. The third-order valence-corrected chi connectivity index (χ3v) is 3.18. The highest BCUT2D eigenvalue weighted by Gasteiger charge is 2.15. The number of rotatable bonds is 3. The number of halogens is 1. The first kappa shape index (κ1) is 12.8. The van der Waals surface area contributed by atoms with E-state index >= 15 is 0 Å². The zero-order valence-electron chi connectivity index (χ0n) is 10.5. The van der Waals surface area contributed by atoms with Gasteiger partial charge in [0.25, 0.3) is 0 Å². The number of aliphatic hydroxyl groups is 1. The van der Waals surface area contributed by atoms with Crippen molar-refractivity contribution >= 4 is 11.6 Å². The smallest absolute Gasteiger partial charge is 0.125 e. The third kappa shape index (κ3) is 2.57. The van der Waals surface area contributed by atoms with E-state index in [1.807, 2.05) is 30.3 Å². The lowest BCUT2D eigenvalue weighted by atomic mass is 10.1. The fourth-order valence-corrected chi connectivity index (χ4v) is 2.13. The zero-order chi connectivity index (χ0) is 13.9. The number of hydrogen-bond donors (Lipinski definition) is 1. The van der Waals surface area contributed by atoms with Gasteiger partial charge in [0.15, 0.2) is 0 Å². The van der Waals surface area contributed by atoms with Crippen molar-refractivity contribution in [1.29, 1.82) is 0 Å². The van der Waals surface area contributed by atoms with Crippen LogP contribution in [0, 0.1) is 0 Å². The highest BCUT2D eigenvalue weighted by molar-refractivity contribution is 6.30. The van der Waals surface area contributed by atoms with Crippen molar-refractivity contribution < 1.29 is 5.11 Å². The molecule has 2 aromatic carbocycles. The minimum absolute atomic E-state index is 0.483. The van der Waals surface area contributed by atoms with Crippen LogP contribution >= 0.6 is 11.6 Å². The first-order chi connectivity index (χ1) is 9.74. The largest absolute Gasteiger partial charge is 0.382 e. The average molecular weight is 286 g/mol. The summed E-state index contributed by atoms with van der Waals surface area (Å²) >= 11 is 5.93. The Balaban J connectivity index is 1.90. The predicted octanol–water partition coefficient (Wildman–Crippen LogP) is 3.00. The van der Waals surface area contributed by atoms with Crippen LogP contribution in [0.4, 0.5) is 0 Å². The Morgan fingerprint density at radius 2 is 1.85 bits per heavy atom. The van der Waals surface area contributed by atoms with Crippen molar-refractivity contribution in [1.82, 2.24) is 15.0 Å². The Kier molecular flexibility index (Phi) is 3.50. The van der Waals surface area contributed by atoms with Gasteiger partial charge in [-0.2, -0.15) is 15.0 Å². The van der Waals surface area contributed by atoms with Gasteiger partial charge >= 0.3 is 0 Å². The van der Waals surface area contributed by atoms with Gasteiger partial charge in [0.05, 0.1) is 11.9 Å². The molecule has 0 saturated heterocycles. The Morgan fingerprint density at radius 3 is 2.60 bits per heavy atom. The maximum atomic E-state index is 10.3. The number of hydrogen-bond acceptors (Lipinski definition) is 3. The number of benzene rings is 2. The Labute approximate surface area is 121 Å². The van der Waals surface area contributed by atoms with E-state index in [9.17, 15) is 5.11 Å². The molecular weight excluding hydrogens is 274 g/mol. The second kappa shape index (κ2) is 5.45. The summed E-state index contributed by atoms with van der Waals surface area (Å²) < 4.78 is 0. The van der Waals surface area contributed by atoms with E-state index < -0.39 is 6.10 Å². The molecule has 0 aliphatic heterocycles. The van der Waals surface area contributed by atoms with Gasteiger partial charge in [-0.05, 0) is 29.8 Å². The van der Waals surface area contributed by atoms with Gasteiger partial charge in [-0.25, -0.2) is 0 Å². The van der Waals surface area contributed by atoms with E-state index in [-0.39, 0.29) is 0 Å². The lowest BCUT2D eigenvalue weighted by molar-refractivity contribution is 0.214. The van der Waals surface area contributed by atoms with Crippen LogP contribution < -0.4 is 0 Å². The van der Waals surface area contributed by atoms with Gasteiger partial charge in [0.2, 0.25) is 0 Å². The molecule has 20 heavy (non-hydrogen) atoms. The van der Waals surface area contributed by atoms with Crippen LogP contribution in [-0.2, 0) is 0 Å². The van der Waals surface area contributed by atoms with E-state index in [2.05, 4.69) is 10.2 Å². The van der Waals surface area contributed by atoms with Crippen LogP contribution in [0.15, 0.2) is 60.8 Å². The summed E-state index contributed by atoms with van der Waals surface area (Å²) in [5, 5.41) is 19.3. The maximum Gasteiger partial charge on any atom is 0.125 e. The molecule has 3 rings (SSSR count). The van der Waals surface area contributed by atoms with Gasteiger partial charge in [0, 0.05) is 5.02 Å². The van der Waals surface area contributed by atoms with Gasteiger partial charge < -0.3 is 5.11 Å². The molecule has 1 heterocycles. The second-order valence-corrected chi connectivity index (χ2v) is 4.79. The molecule has 0 fully saturated rings. The summed E-state index contributed by atoms with van der Waals surface area (Å²) in [6.07, 6.45) is 0.713. The summed E-state index contributed by atoms with van der Waals surface area (Å²) in [5.74, 6) is 0. The second-order valence-electron chi connectivity index (χ2n) is 4.35. The molecule has 0 aliphatic carbocycles. The minimum atomic E-state index is -0.842. The topological polar surface area (TPSA) is 50.9 Å². The molecule has 1 N–H and O–H groups in total. The Hall–Kier alpha value is -2.17. The molecular formula is C15H12ClN3O. The van der Waals surface area contributed by atoms with Gasteiger partial charge in [-0.3, -0.25) is 0 Å². The van der Waals surface area contributed by atoms with E-state index in [1.165, 1.54) is 4.80 Å². The van der Waals surface area contributed by atoms with Crippen molar-refractivity contribution in [3.63, 3.8) is 0 Å². The average Bonchev–Trinajstić information content (AvgIpc) is 2.97. The van der Waals surface area contributed by atoms with Crippen LogP contribution in [-0.4, -0.2) is 20.1 Å². The number of aromatic nitrogens is 3. The van der Waals surface area contributed by atoms with Crippen LogP contribution in [0.3, 0.4) is 0 Å². The van der Waals surface area contributed by atoms with Crippen LogP contribution in [0.25, 0.3) is 5.69 Å². The highest BCUT2D eigenvalue weighted by Crippen LogP contribution is 2.22. The quantitative estimate of drug-likeness (QED) is 0.805. The third-order valence-electron chi connectivity index (χ3n) is 2.94. The van der Waals surface area contributed by atoms with Gasteiger partial charge in [-0.15, -0.1) is 0 Å². The number of para-hydroxylation sites is 1. The Morgan fingerprint density at radius 1 is 1.05 bits per heavy atom. The van der Waals surface area contributed by atoms with E-state index in [1.54, 1.807) is 30.5 Å². The summed E-state index contributed by atoms with van der Waals surface area (Å²) in [6, 6.07) is 16.6. The summed E-state index contributed by atoms with van der Waals surface area (Å²) in [5.41, 5.74) is 2.02. The molecule has 1 unspecified atom stereocenters. The van der Waals surface area contributed by atoms with Crippen molar-refractivity contribution in [3.8, 4) is 5.69 Å². The normalized spacial score (nSPS) is 12.3. The molecule has 0 aliphatic rings. The maximum absolute atomic E-state index is 10.3. The highest BCUT2D eigenvalue weighted by atomic mass is 35.5. The number of aliphatic hydroxyl groups excluding tert-OH is 1. The minimum Gasteiger partial charge on any atom is -0.382 e. The van der Waals surface area contributed by atoms with Crippen LogP contribution in [0.5, 0.6) is 0 Å². The summed E-state index contributed by atoms with van der Waals surface area (Å²) in [4.78, 5) is 1.49. The van der Waals surface area contributed by atoms with Crippen molar-refractivity contribution in [2.45, 2.75) is 6.10 Å². The monoisotopic (exact) mass is 285 g/mol. The van der Waals surface area contributed by atoms with E-state index in [0.717, 1.165) is 5.69 Å². The van der Waals surface area contributed by atoms with Gasteiger partial charge in [0.1, 0.15) is 11.8 Å². The summed E-state index contributed by atoms with van der Waals surface area (Å²) in [6.45, 7) is 0. The first-order valence-corrected chi connectivity index (χ1v) is 6.53. The van der Waals surface area contributed by atoms with Gasteiger partial charge in [-0.1, -0.05) is 41.9 Å². The molecule has 0 spiro atoms. The molecule has 0 radical (unpaired) electrons. The van der Waals surface area contributed by atoms with E-state index in [4.69, 9.17) is 11.6 Å². The molecule has 0 saturated carbocycles. The van der Waals surface area contributed by atoms with Crippen molar-refractivity contribution in [3.05, 3.63) is 77.1 Å². The molecule has 5 heteroatoms. The molecule has 0 amide bonds. The van der Waals surface area contributed by atoms with Crippen molar-refractivity contribution in [2.75, 3.05) is 0 Å². The molecule has 0 bridgehead atoms. The molecule has 100 valence electrons. The van der Waals surface area contributed by atoms with Crippen molar-refractivity contribution in [2.24, 2.45) is 0 Å². The van der Waals surface area contributed by atoms with Crippen LogP contribution in [0.2, 0.25) is 5.02 Å². The lowest BCUT2D eigenvalue weighted by Gasteiger charge is -2.07. The summed E-state index contributed by atoms with van der Waals surface area (Å²) in [7, 11) is 0. The Bertz CT molecular complexity index is 712. The predicted molar refractivity (Wildman–Crippen MR) is 76.9 cm³/mol. The standard InChI is InChI=1S/C15H12ClN3O/c16-12-6-4-5-11(9-12)15(20)14-10-17-19(18-14)13-7-2-1-3-8-13/h1-10,15,20H. The first-order valence-electron chi connectivity index (χ1n) is 6.15. The lowest BCUT2D eigenvalue weighted by Crippen LogP contribution is -2.03. The zero-order valence-corrected chi connectivity index (χ0v) is 11.3. The molecule has 4 nitrogen and oxygen atoms in total.